The van der Waals surface area contributed by atoms with Crippen LogP contribution < -0.4 is 15.4 Å². The zero-order valence-corrected chi connectivity index (χ0v) is 16.2. The molecule has 162 valence electrons. The smallest absolute Gasteiger partial charge is 0.406 e. The minimum Gasteiger partial charge on any atom is -0.406 e. The molecular formula is C22H19F3N2O4. The highest BCUT2D eigenvalue weighted by molar-refractivity contribution is 5.89. The summed E-state index contributed by atoms with van der Waals surface area (Å²) in [4.78, 5) is 12.3. The Balaban J connectivity index is 1.30. The number of hydrogen-bond acceptors (Lipinski definition) is 4. The van der Waals surface area contributed by atoms with Crippen LogP contribution in [0.25, 0.3) is 0 Å². The van der Waals surface area contributed by atoms with Gasteiger partial charge in [0.1, 0.15) is 18.0 Å². The van der Waals surface area contributed by atoms with Crippen molar-refractivity contribution in [2.75, 3.05) is 18.5 Å². The Morgan fingerprint density at radius 3 is 2.42 bits per heavy atom. The van der Waals surface area contributed by atoms with Gasteiger partial charge in [-0.15, -0.1) is 13.2 Å². The minimum atomic E-state index is -4.77. The number of carbonyl (C=O) groups is 1. The van der Waals surface area contributed by atoms with Crippen LogP contribution in [0.4, 0.5) is 23.7 Å². The lowest BCUT2D eigenvalue weighted by molar-refractivity contribution is -0.274. The zero-order valence-electron chi connectivity index (χ0n) is 16.2. The first-order valence-electron chi connectivity index (χ1n) is 9.60. The SMILES string of the molecule is O=C(Nc1ccc(OC(F)(F)F)cc1)N[C@H]1CO[C@H]2[C@@H]1OC[C@@H]2C#Cc1ccccc1. The number of alkyl halides is 3. The van der Waals surface area contributed by atoms with E-state index in [1.54, 1.807) is 0 Å². The van der Waals surface area contributed by atoms with Crippen LogP contribution in [0.1, 0.15) is 5.56 Å². The summed E-state index contributed by atoms with van der Waals surface area (Å²) in [6.45, 7) is 0.695. The fraction of sp³-hybridized carbons (Fsp3) is 0.318. The Morgan fingerprint density at radius 2 is 1.71 bits per heavy atom. The van der Waals surface area contributed by atoms with Crippen LogP contribution in [0.5, 0.6) is 5.75 Å². The van der Waals surface area contributed by atoms with Crippen LogP contribution in [0, 0.1) is 17.8 Å². The van der Waals surface area contributed by atoms with Gasteiger partial charge in [-0.05, 0) is 36.4 Å². The number of rotatable bonds is 3. The Bertz CT molecular complexity index is 970. The van der Waals surface area contributed by atoms with Crippen molar-refractivity contribution in [2.24, 2.45) is 5.92 Å². The number of nitrogens with one attached hydrogen (secondary N) is 2. The van der Waals surface area contributed by atoms with Gasteiger partial charge in [0.05, 0.1) is 25.2 Å². The number of urea groups is 1. The van der Waals surface area contributed by atoms with Crippen molar-refractivity contribution in [1.29, 1.82) is 0 Å². The molecule has 31 heavy (non-hydrogen) atoms. The van der Waals surface area contributed by atoms with E-state index in [2.05, 4.69) is 27.2 Å². The number of benzene rings is 2. The molecule has 9 heteroatoms. The average Bonchev–Trinajstić information content (AvgIpc) is 3.31. The van der Waals surface area contributed by atoms with Gasteiger partial charge in [-0.3, -0.25) is 0 Å². The molecule has 4 rings (SSSR count). The third-order valence-electron chi connectivity index (χ3n) is 4.89. The summed E-state index contributed by atoms with van der Waals surface area (Å²) in [6.07, 6.45) is -5.32. The summed E-state index contributed by atoms with van der Waals surface area (Å²) in [7, 11) is 0. The van der Waals surface area contributed by atoms with Gasteiger partial charge in [0.2, 0.25) is 0 Å². The van der Waals surface area contributed by atoms with Gasteiger partial charge >= 0.3 is 12.4 Å². The normalized spacial score (nSPS) is 24.6. The molecule has 0 radical (unpaired) electrons. The summed E-state index contributed by atoms with van der Waals surface area (Å²) in [5.41, 5.74) is 1.23. The van der Waals surface area contributed by atoms with E-state index in [9.17, 15) is 18.0 Å². The third kappa shape index (κ3) is 5.48. The molecule has 0 unspecified atom stereocenters. The van der Waals surface area contributed by atoms with E-state index in [-0.39, 0.29) is 36.5 Å². The molecule has 2 aromatic carbocycles. The number of ether oxygens (including phenoxy) is 3. The Labute approximate surface area is 176 Å². The third-order valence-corrected chi connectivity index (χ3v) is 4.89. The first-order chi connectivity index (χ1) is 14.9. The Morgan fingerprint density at radius 1 is 1.00 bits per heavy atom. The monoisotopic (exact) mass is 432 g/mol. The van der Waals surface area contributed by atoms with E-state index in [1.807, 2.05) is 30.3 Å². The first kappa shape index (κ1) is 21.0. The van der Waals surface area contributed by atoms with Gasteiger partial charge in [-0.2, -0.15) is 0 Å². The highest BCUT2D eigenvalue weighted by Gasteiger charge is 2.47. The highest BCUT2D eigenvalue weighted by Crippen LogP contribution is 2.31. The Kier molecular flexibility index (Phi) is 6.02. The fourth-order valence-corrected chi connectivity index (χ4v) is 3.52. The van der Waals surface area contributed by atoms with E-state index in [0.29, 0.717) is 12.3 Å². The topological polar surface area (TPSA) is 68.8 Å². The van der Waals surface area contributed by atoms with E-state index in [4.69, 9.17) is 9.47 Å². The van der Waals surface area contributed by atoms with Crippen LogP contribution in [-0.2, 0) is 9.47 Å². The molecule has 4 atom stereocenters. The predicted octanol–water partition coefficient (Wildman–Crippen LogP) is 3.54. The molecule has 0 spiro atoms. The van der Waals surface area contributed by atoms with Crippen molar-refractivity contribution < 1.29 is 32.2 Å². The van der Waals surface area contributed by atoms with Gasteiger partial charge < -0.3 is 24.8 Å². The maximum Gasteiger partial charge on any atom is 0.573 e. The summed E-state index contributed by atoms with van der Waals surface area (Å²) >= 11 is 0. The van der Waals surface area contributed by atoms with Crippen LogP contribution in [0.15, 0.2) is 54.6 Å². The average molecular weight is 432 g/mol. The molecule has 0 bridgehead atoms. The van der Waals surface area contributed by atoms with Gasteiger partial charge in [-0.1, -0.05) is 30.0 Å². The van der Waals surface area contributed by atoms with E-state index in [0.717, 1.165) is 17.7 Å². The zero-order chi connectivity index (χ0) is 21.8. The molecular weight excluding hydrogens is 413 g/mol. The summed E-state index contributed by atoms with van der Waals surface area (Å²) < 4.78 is 52.1. The number of carbonyl (C=O) groups excluding carboxylic acids is 1. The molecule has 6 nitrogen and oxygen atoms in total. The second-order valence-electron chi connectivity index (χ2n) is 7.11. The predicted molar refractivity (Wildman–Crippen MR) is 105 cm³/mol. The van der Waals surface area contributed by atoms with Crippen LogP contribution in [-0.4, -0.2) is 43.9 Å². The maximum absolute atomic E-state index is 12.3. The summed E-state index contributed by atoms with van der Waals surface area (Å²) in [5, 5.41) is 5.36. The number of anilines is 1. The largest absolute Gasteiger partial charge is 0.573 e. The van der Waals surface area contributed by atoms with E-state index < -0.39 is 12.4 Å². The van der Waals surface area contributed by atoms with Crippen molar-refractivity contribution in [3.8, 4) is 17.6 Å². The van der Waals surface area contributed by atoms with Crippen LogP contribution >= 0.6 is 0 Å². The molecule has 2 N–H and O–H groups in total. The standard InChI is InChI=1S/C22H19F3N2O4/c23-22(24,25)31-17-10-8-16(9-11-17)26-21(28)27-18-13-30-19-15(12-29-20(18)19)7-6-14-4-2-1-3-5-14/h1-5,8-11,15,18-20H,12-13H2,(H2,26,27,28)/t15-,18-,19+,20+/m0/s1. The van der Waals surface area contributed by atoms with Gasteiger partial charge in [0.25, 0.3) is 0 Å². The van der Waals surface area contributed by atoms with Crippen molar-refractivity contribution in [1.82, 2.24) is 5.32 Å². The fourth-order valence-electron chi connectivity index (χ4n) is 3.52. The number of fused-ring (bicyclic) bond motifs is 1. The lowest BCUT2D eigenvalue weighted by atomic mass is 10.0. The molecule has 0 aliphatic carbocycles. The summed E-state index contributed by atoms with van der Waals surface area (Å²) in [6, 6.07) is 13.6. The first-order valence-corrected chi connectivity index (χ1v) is 9.60. The van der Waals surface area contributed by atoms with Gasteiger partial charge in [0.15, 0.2) is 0 Å². The highest BCUT2D eigenvalue weighted by atomic mass is 19.4. The van der Waals surface area contributed by atoms with Gasteiger partial charge in [-0.25, -0.2) is 4.79 Å². The number of halogens is 3. The summed E-state index contributed by atoms with van der Waals surface area (Å²) in [5.74, 6) is 5.84. The molecule has 2 heterocycles. The van der Waals surface area contributed by atoms with Crippen molar-refractivity contribution >= 4 is 11.7 Å². The maximum atomic E-state index is 12.3. The van der Waals surface area contributed by atoms with E-state index in [1.165, 1.54) is 12.1 Å². The van der Waals surface area contributed by atoms with Crippen molar-refractivity contribution in [3.63, 3.8) is 0 Å². The molecule has 0 saturated carbocycles. The second kappa shape index (κ2) is 8.88. The molecule has 2 saturated heterocycles. The molecule has 0 aromatic heterocycles. The van der Waals surface area contributed by atoms with Crippen LogP contribution in [0.3, 0.4) is 0 Å². The van der Waals surface area contributed by atoms with Crippen molar-refractivity contribution in [2.45, 2.75) is 24.6 Å². The lowest BCUT2D eigenvalue weighted by Crippen LogP contribution is -2.45. The second-order valence-corrected chi connectivity index (χ2v) is 7.11. The molecule has 2 amide bonds. The Hall–Kier alpha value is -3.22. The molecule has 2 aromatic rings. The minimum absolute atomic E-state index is 0.0961. The number of amides is 2. The van der Waals surface area contributed by atoms with Crippen LogP contribution in [0.2, 0.25) is 0 Å². The molecule has 2 aliphatic heterocycles. The lowest BCUT2D eigenvalue weighted by Gasteiger charge is -2.18. The quantitative estimate of drug-likeness (QED) is 0.729. The van der Waals surface area contributed by atoms with E-state index >= 15 is 0 Å². The molecule has 2 aliphatic rings. The number of hydrogen-bond donors (Lipinski definition) is 2. The van der Waals surface area contributed by atoms with Gasteiger partial charge in [0, 0.05) is 11.3 Å². The van der Waals surface area contributed by atoms with Crippen molar-refractivity contribution in [3.05, 3.63) is 60.2 Å². The molecule has 2 fully saturated rings.